The Bertz CT molecular complexity index is 611. The SMILES string of the molecule is CC#Cc1cccc(Cl)c1COc1ccn(O)n1. The maximum absolute atomic E-state index is 9.02. The zero-order valence-corrected chi connectivity index (χ0v) is 10.5. The molecule has 0 aliphatic heterocycles. The Morgan fingerprint density at radius 3 is 2.94 bits per heavy atom. The monoisotopic (exact) mass is 262 g/mol. The number of nitrogens with zero attached hydrogens (tertiary/aromatic N) is 2. The van der Waals surface area contributed by atoms with E-state index in [0.717, 1.165) is 11.1 Å². The number of halogens is 1. The van der Waals surface area contributed by atoms with E-state index in [2.05, 4.69) is 16.9 Å². The summed E-state index contributed by atoms with van der Waals surface area (Å²) < 4.78 is 5.44. The summed E-state index contributed by atoms with van der Waals surface area (Å²) >= 11 is 6.11. The van der Waals surface area contributed by atoms with Crippen LogP contribution in [0.4, 0.5) is 0 Å². The van der Waals surface area contributed by atoms with Crippen LogP contribution >= 0.6 is 11.6 Å². The summed E-state index contributed by atoms with van der Waals surface area (Å²) in [5, 5.41) is 13.3. The molecule has 2 aromatic rings. The van der Waals surface area contributed by atoms with E-state index in [1.807, 2.05) is 12.1 Å². The molecule has 0 spiro atoms. The Morgan fingerprint density at radius 1 is 1.44 bits per heavy atom. The number of ether oxygens (including phenoxy) is 1. The van der Waals surface area contributed by atoms with Gasteiger partial charge in [0.15, 0.2) is 0 Å². The van der Waals surface area contributed by atoms with Crippen molar-refractivity contribution in [2.45, 2.75) is 13.5 Å². The lowest BCUT2D eigenvalue weighted by Crippen LogP contribution is -2.00. The van der Waals surface area contributed by atoms with E-state index >= 15 is 0 Å². The van der Waals surface area contributed by atoms with Gasteiger partial charge in [0.25, 0.3) is 0 Å². The van der Waals surface area contributed by atoms with Crippen LogP contribution in [-0.4, -0.2) is 15.2 Å². The lowest BCUT2D eigenvalue weighted by atomic mass is 10.1. The van der Waals surface area contributed by atoms with Gasteiger partial charge in [-0.3, -0.25) is 0 Å². The van der Waals surface area contributed by atoms with Crippen molar-refractivity contribution >= 4 is 11.6 Å². The van der Waals surface area contributed by atoms with Crippen LogP contribution in [0, 0.1) is 11.8 Å². The van der Waals surface area contributed by atoms with Gasteiger partial charge in [-0.05, 0) is 19.1 Å². The maximum atomic E-state index is 9.02. The van der Waals surface area contributed by atoms with Crippen molar-refractivity contribution in [1.82, 2.24) is 9.94 Å². The van der Waals surface area contributed by atoms with Crippen LogP contribution in [-0.2, 0) is 6.61 Å². The van der Waals surface area contributed by atoms with Gasteiger partial charge in [0.05, 0.1) is 6.20 Å². The average Bonchev–Trinajstić information content (AvgIpc) is 2.75. The normalized spacial score (nSPS) is 9.67. The molecule has 0 atom stereocenters. The second kappa shape index (κ2) is 5.48. The van der Waals surface area contributed by atoms with Crippen LogP contribution in [0.2, 0.25) is 5.02 Å². The summed E-state index contributed by atoms with van der Waals surface area (Å²) in [7, 11) is 0. The van der Waals surface area contributed by atoms with Gasteiger partial charge in [0.1, 0.15) is 6.61 Å². The molecular weight excluding hydrogens is 252 g/mol. The summed E-state index contributed by atoms with van der Waals surface area (Å²) in [5.74, 6) is 6.13. The first kappa shape index (κ1) is 12.3. The quantitative estimate of drug-likeness (QED) is 0.683. The molecule has 0 bridgehead atoms. The minimum Gasteiger partial charge on any atom is -0.472 e. The lowest BCUT2D eigenvalue weighted by molar-refractivity contribution is 0.141. The van der Waals surface area contributed by atoms with E-state index in [4.69, 9.17) is 21.5 Å². The van der Waals surface area contributed by atoms with Crippen LogP contribution in [0.1, 0.15) is 18.1 Å². The largest absolute Gasteiger partial charge is 0.472 e. The van der Waals surface area contributed by atoms with E-state index < -0.39 is 0 Å². The number of hydrogen-bond donors (Lipinski definition) is 1. The van der Waals surface area contributed by atoms with Crippen molar-refractivity contribution in [3.05, 3.63) is 46.6 Å². The first-order valence-electron chi connectivity index (χ1n) is 5.28. The van der Waals surface area contributed by atoms with E-state index in [1.165, 1.54) is 6.20 Å². The van der Waals surface area contributed by atoms with Gasteiger partial charge in [0.2, 0.25) is 5.88 Å². The Labute approximate surface area is 110 Å². The van der Waals surface area contributed by atoms with Gasteiger partial charge in [0, 0.05) is 22.2 Å². The molecule has 2 rings (SSSR count). The van der Waals surface area contributed by atoms with Crippen LogP contribution in [0.25, 0.3) is 0 Å². The minimum absolute atomic E-state index is 0.251. The molecule has 1 aromatic carbocycles. The number of aromatic nitrogens is 2. The summed E-state index contributed by atoms with van der Waals surface area (Å²) in [6.07, 6.45) is 1.38. The Morgan fingerprint density at radius 2 is 2.28 bits per heavy atom. The van der Waals surface area contributed by atoms with Gasteiger partial charge >= 0.3 is 0 Å². The third-order valence-electron chi connectivity index (χ3n) is 2.29. The Kier molecular flexibility index (Phi) is 3.75. The Balaban J connectivity index is 2.19. The molecule has 0 saturated heterocycles. The molecule has 0 saturated carbocycles. The molecule has 5 heteroatoms. The zero-order valence-electron chi connectivity index (χ0n) is 9.72. The highest BCUT2D eigenvalue weighted by atomic mass is 35.5. The standard InChI is InChI=1S/C13H11ClN2O2/c1-2-4-10-5-3-6-12(14)11(10)9-18-13-7-8-16(17)15-13/h3,5-8,17H,9H2,1H3. The second-order valence-electron chi connectivity index (χ2n) is 3.50. The third kappa shape index (κ3) is 2.76. The molecule has 18 heavy (non-hydrogen) atoms. The fraction of sp³-hybridized carbons (Fsp3) is 0.154. The molecule has 0 aliphatic carbocycles. The molecule has 92 valence electrons. The Hall–Kier alpha value is -2.12. The lowest BCUT2D eigenvalue weighted by Gasteiger charge is -2.07. The average molecular weight is 263 g/mol. The van der Waals surface area contributed by atoms with Gasteiger partial charge in [-0.1, -0.05) is 28.7 Å². The number of rotatable bonds is 3. The van der Waals surface area contributed by atoms with Crippen molar-refractivity contribution in [2.24, 2.45) is 0 Å². The molecular formula is C13H11ClN2O2. The van der Waals surface area contributed by atoms with E-state index in [0.29, 0.717) is 15.7 Å². The molecule has 4 nitrogen and oxygen atoms in total. The first-order chi connectivity index (χ1) is 8.70. The van der Waals surface area contributed by atoms with E-state index in [1.54, 1.807) is 19.1 Å². The zero-order chi connectivity index (χ0) is 13.0. The topological polar surface area (TPSA) is 47.3 Å². The molecule has 0 aliphatic rings. The maximum Gasteiger partial charge on any atom is 0.236 e. The molecule has 0 fully saturated rings. The van der Waals surface area contributed by atoms with Crippen molar-refractivity contribution in [3.63, 3.8) is 0 Å². The fourth-order valence-corrected chi connectivity index (χ4v) is 1.71. The first-order valence-corrected chi connectivity index (χ1v) is 5.66. The third-order valence-corrected chi connectivity index (χ3v) is 2.65. The van der Waals surface area contributed by atoms with Crippen LogP contribution < -0.4 is 4.74 Å². The van der Waals surface area contributed by atoms with Gasteiger partial charge < -0.3 is 9.94 Å². The van der Waals surface area contributed by atoms with Crippen molar-refractivity contribution in [1.29, 1.82) is 0 Å². The number of benzene rings is 1. The predicted molar refractivity (Wildman–Crippen MR) is 67.7 cm³/mol. The van der Waals surface area contributed by atoms with Crippen molar-refractivity contribution in [2.75, 3.05) is 0 Å². The van der Waals surface area contributed by atoms with Crippen LogP contribution in [0.15, 0.2) is 30.5 Å². The molecule has 1 heterocycles. The molecule has 1 N–H and O–H groups in total. The van der Waals surface area contributed by atoms with E-state index in [9.17, 15) is 0 Å². The van der Waals surface area contributed by atoms with Gasteiger partial charge in [-0.25, -0.2) is 0 Å². The minimum atomic E-state index is 0.251. The highest BCUT2D eigenvalue weighted by molar-refractivity contribution is 6.31. The van der Waals surface area contributed by atoms with Crippen molar-refractivity contribution in [3.8, 4) is 17.7 Å². The van der Waals surface area contributed by atoms with Gasteiger partial charge in [-0.15, -0.1) is 10.8 Å². The highest BCUT2D eigenvalue weighted by Gasteiger charge is 2.07. The summed E-state index contributed by atoms with van der Waals surface area (Å²) in [6.45, 7) is 2.01. The predicted octanol–water partition coefficient (Wildman–Crippen LogP) is 2.72. The fourth-order valence-electron chi connectivity index (χ4n) is 1.48. The second-order valence-corrected chi connectivity index (χ2v) is 3.91. The molecule has 0 unspecified atom stereocenters. The van der Waals surface area contributed by atoms with Crippen LogP contribution in [0.5, 0.6) is 5.88 Å². The molecule has 1 aromatic heterocycles. The van der Waals surface area contributed by atoms with Crippen molar-refractivity contribution < 1.29 is 9.94 Å². The molecule has 0 amide bonds. The molecule has 0 radical (unpaired) electrons. The smallest absolute Gasteiger partial charge is 0.236 e. The van der Waals surface area contributed by atoms with Crippen LogP contribution in [0.3, 0.4) is 0 Å². The van der Waals surface area contributed by atoms with Gasteiger partial charge in [-0.2, -0.15) is 0 Å². The number of hydrogen-bond acceptors (Lipinski definition) is 3. The highest BCUT2D eigenvalue weighted by Crippen LogP contribution is 2.21. The van der Waals surface area contributed by atoms with E-state index in [-0.39, 0.29) is 6.61 Å². The summed E-state index contributed by atoms with van der Waals surface area (Å²) in [5.41, 5.74) is 1.63. The summed E-state index contributed by atoms with van der Waals surface area (Å²) in [6, 6.07) is 7.06. The summed E-state index contributed by atoms with van der Waals surface area (Å²) in [4.78, 5) is 0.689.